The fourth-order valence-corrected chi connectivity index (χ4v) is 3.13. The molecule has 2 aromatic heterocycles. The number of ether oxygens (including phenoxy) is 2. The molecule has 0 spiro atoms. The Morgan fingerprint density at radius 1 is 1.18 bits per heavy atom. The van der Waals surface area contributed by atoms with Crippen LogP contribution in [0.15, 0.2) is 28.9 Å². The fraction of sp³-hybridized carbons (Fsp3) is 0.286. The third-order valence-corrected chi connectivity index (χ3v) is 4.03. The minimum Gasteiger partial charge on any atom is -0.454 e. The van der Waals surface area contributed by atoms with E-state index in [2.05, 4.69) is 15.2 Å². The second-order valence-electron chi connectivity index (χ2n) is 4.98. The lowest BCUT2D eigenvalue weighted by atomic mass is 10.1. The Hall–Kier alpha value is -1.60. The van der Waals surface area contributed by atoms with Gasteiger partial charge in [0.2, 0.25) is 5.79 Å². The highest BCUT2D eigenvalue weighted by atomic mass is 35.5. The van der Waals surface area contributed by atoms with Gasteiger partial charge in [-0.1, -0.05) is 23.2 Å². The summed E-state index contributed by atoms with van der Waals surface area (Å²) in [6.07, 6.45) is 1.80. The summed E-state index contributed by atoms with van der Waals surface area (Å²) < 4.78 is 17.5. The number of rotatable bonds is 3. The van der Waals surface area contributed by atoms with Gasteiger partial charge in [0.05, 0.1) is 24.7 Å². The lowest BCUT2D eigenvalue weighted by Gasteiger charge is -2.23. The highest BCUT2D eigenvalue weighted by Gasteiger charge is 2.43. The molecule has 8 heteroatoms. The van der Waals surface area contributed by atoms with Crippen molar-refractivity contribution in [3.05, 3.63) is 46.2 Å². The number of halogens is 2. The van der Waals surface area contributed by atoms with Crippen LogP contribution in [0, 0.1) is 0 Å². The maximum absolute atomic E-state index is 6.18. The van der Waals surface area contributed by atoms with Gasteiger partial charge in [0, 0.05) is 10.4 Å². The van der Waals surface area contributed by atoms with Crippen LogP contribution in [0.25, 0.3) is 11.0 Å². The van der Waals surface area contributed by atoms with Gasteiger partial charge in [0.15, 0.2) is 11.3 Å². The highest BCUT2D eigenvalue weighted by Crippen LogP contribution is 2.39. The summed E-state index contributed by atoms with van der Waals surface area (Å²) in [6, 6.07) is 5.25. The molecule has 0 saturated carbocycles. The van der Waals surface area contributed by atoms with Crippen LogP contribution in [-0.2, 0) is 21.7 Å². The van der Waals surface area contributed by atoms with Crippen LogP contribution in [0.3, 0.4) is 0 Å². The van der Waals surface area contributed by atoms with E-state index in [1.165, 1.54) is 6.33 Å². The molecule has 22 heavy (non-hydrogen) atoms. The Bertz CT molecular complexity index is 810. The Kier molecular flexibility index (Phi) is 3.34. The molecule has 1 aromatic carbocycles. The molecule has 0 radical (unpaired) electrons. The van der Waals surface area contributed by atoms with Crippen molar-refractivity contribution < 1.29 is 13.9 Å². The number of hydrogen-bond donors (Lipinski definition) is 1. The molecule has 114 valence electrons. The second-order valence-corrected chi connectivity index (χ2v) is 5.82. The second kappa shape index (κ2) is 5.24. The largest absolute Gasteiger partial charge is 0.454 e. The van der Waals surface area contributed by atoms with E-state index < -0.39 is 5.79 Å². The van der Waals surface area contributed by atoms with Crippen molar-refractivity contribution in [3.8, 4) is 0 Å². The van der Waals surface area contributed by atoms with Crippen LogP contribution in [-0.4, -0.2) is 28.4 Å². The minimum atomic E-state index is -1.03. The molecule has 0 bridgehead atoms. The van der Waals surface area contributed by atoms with E-state index in [1.54, 1.807) is 12.1 Å². The molecule has 1 aliphatic heterocycles. The molecule has 0 atom stereocenters. The first-order chi connectivity index (χ1) is 10.7. The number of aromatic nitrogens is 3. The summed E-state index contributed by atoms with van der Waals surface area (Å²) in [4.78, 5) is 4.12. The first kappa shape index (κ1) is 14.0. The van der Waals surface area contributed by atoms with Crippen molar-refractivity contribution in [1.82, 2.24) is 15.2 Å². The highest BCUT2D eigenvalue weighted by molar-refractivity contribution is 6.38. The predicted octanol–water partition coefficient (Wildman–Crippen LogP) is 3.30. The van der Waals surface area contributed by atoms with Crippen LogP contribution in [0.2, 0.25) is 10.0 Å². The molecular formula is C14H11Cl2N3O3. The van der Waals surface area contributed by atoms with Crippen molar-refractivity contribution in [2.24, 2.45) is 0 Å². The van der Waals surface area contributed by atoms with Gasteiger partial charge in [-0.3, -0.25) is 5.10 Å². The number of aromatic amines is 1. The summed E-state index contributed by atoms with van der Waals surface area (Å²) in [7, 11) is 0. The predicted molar refractivity (Wildman–Crippen MR) is 79.9 cm³/mol. The van der Waals surface area contributed by atoms with Gasteiger partial charge >= 0.3 is 0 Å². The molecule has 0 aliphatic carbocycles. The van der Waals surface area contributed by atoms with E-state index in [1.807, 2.05) is 6.07 Å². The van der Waals surface area contributed by atoms with Crippen molar-refractivity contribution >= 4 is 34.2 Å². The number of H-pyrrole nitrogens is 1. The first-order valence-electron chi connectivity index (χ1n) is 6.67. The standard InChI is InChI=1S/C14H11Cl2N3O3/c15-9-3-8-4-11(22-13(8)10(16)5-9)14(20-1-2-21-14)6-12-17-7-18-19-12/h3-5,7H,1-2,6H2,(H,17,18,19). The van der Waals surface area contributed by atoms with E-state index in [0.717, 1.165) is 5.39 Å². The molecule has 3 aromatic rings. The SMILES string of the molecule is Clc1cc(Cl)c2oc(C3(Cc4ncn[nH]4)OCCO3)cc2c1. The van der Waals surface area contributed by atoms with Gasteiger partial charge in [0.25, 0.3) is 0 Å². The number of fused-ring (bicyclic) bond motifs is 1. The van der Waals surface area contributed by atoms with E-state index >= 15 is 0 Å². The van der Waals surface area contributed by atoms with E-state index in [-0.39, 0.29) is 0 Å². The van der Waals surface area contributed by atoms with Crippen LogP contribution in [0.4, 0.5) is 0 Å². The lowest BCUT2D eigenvalue weighted by molar-refractivity contribution is -0.177. The third kappa shape index (κ3) is 2.28. The zero-order valence-electron chi connectivity index (χ0n) is 11.3. The maximum atomic E-state index is 6.18. The first-order valence-corrected chi connectivity index (χ1v) is 7.43. The molecular weight excluding hydrogens is 329 g/mol. The quantitative estimate of drug-likeness (QED) is 0.792. The molecule has 3 heterocycles. The van der Waals surface area contributed by atoms with Crippen LogP contribution >= 0.6 is 23.2 Å². The Morgan fingerprint density at radius 2 is 2.00 bits per heavy atom. The van der Waals surface area contributed by atoms with Crippen LogP contribution in [0.5, 0.6) is 0 Å². The number of nitrogens with zero attached hydrogens (tertiary/aromatic N) is 2. The van der Waals surface area contributed by atoms with Crippen molar-refractivity contribution in [1.29, 1.82) is 0 Å². The molecule has 1 fully saturated rings. The minimum absolute atomic E-state index is 0.359. The molecule has 4 rings (SSSR count). The normalized spacial score (nSPS) is 17.4. The fourth-order valence-electron chi connectivity index (χ4n) is 2.59. The molecule has 1 aliphatic rings. The maximum Gasteiger partial charge on any atom is 0.235 e. The number of nitrogens with one attached hydrogen (secondary N) is 1. The Morgan fingerprint density at radius 3 is 2.73 bits per heavy atom. The Balaban J connectivity index is 1.81. The monoisotopic (exact) mass is 339 g/mol. The number of benzene rings is 1. The summed E-state index contributed by atoms with van der Waals surface area (Å²) in [6.45, 7) is 0.944. The van der Waals surface area contributed by atoms with Gasteiger partial charge in [-0.2, -0.15) is 5.10 Å². The van der Waals surface area contributed by atoms with E-state index in [0.29, 0.717) is 46.8 Å². The summed E-state index contributed by atoms with van der Waals surface area (Å²) in [5.74, 6) is 0.140. The van der Waals surface area contributed by atoms with E-state index in [4.69, 9.17) is 37.1 Å². The average molecular weight is 340 g/mol. The van der Waals surface area contributed by atoms with Crippen molar-refractivity contribution in [2.45, 2.75) is 12.2 Å². The average Bonchev–Trinajstić information content (AvgIpc) is 3.18. The van der Waals surface area contributed by atoms with Crippen LogP contribution < -0.4 is 0 Å². The summed E-state index contributed by atoms with van der Waals surface area (Å²) in [5, 5.41) is 8.43. The number of hydrogen-bond acceptors (Lipinski definition) is 5. The Labute approximate surface area is 135 Å². The topological polar surface area (TPSA) is 73.2 Å². The molecule has 0 unspecified atom stereocenters. The molecule has 1 N–H and O–H groups in total. The smallest absolute Gasteiger partial charge is 0.235 e. The van der Waals surface area contributed by atoms with Gasteiger partial charge in [-0.15, -0.1) is 0 Å². The number of furan rings is 1. The molecule has 1 saturated heterocycles. The van der Waals surface area contributed by atoms with Crippen LogP contribution in [0.1, 0.15) is 11.6 Å². The zero-order valence-corrected chi connectivity index (χ0v) is 12.8. The van der Waals surface area contributed by atoms with E-state index in [9.17, 15) is 0 Å². The summed E-state index contributed by atoms with van der Waals surface area (Å²) in [5.41, 5.74) is 0.553. The zero-order chi connectivity index (χ0) is 15.2. The lowest BCUT2D eigenvalue weighted by Crippen LogP contribution is -2.30. The van der Waals surface area contributed by atoms with Gasteiger partial charge in [0.1, 0.15) is 12.2 Å². The molecule has 0 amide bonds. The third-order valence-electron chi connectivity index (χ3n) is 3.53. The van der Waals surface area contributed by atoms with Crippen molar-refractivity contribution in [3.63, 3.8) is 0 Å². The van der Waals surface area contributed by atoms with Gasteiger partial charge in [-0.05, 0) is 18.2 Å². The van der Waals surface area contributed by atoms with Gasteiger partial charge in [-0.25, -0.2) is 4.98 Å². The van der Waals surface area contributed by atoms with Crippen molar-refractivity contribution in [2.75, 3.05) is 13.2 Å². The van der Waals surface area contributed by atoms with Gasteiger partial charge < -0.3 is 13.9 Å². The summed E-state index contributed by atoms with van der Waals surface area (Å²) >= 11 is 12.2. The molecule has 6 nitrogen and oxygen atoms in total.